The summed E-state index contributed by atoms with van der Waals surface area (Å²) in [5.74, 6) is 0.154. The first kappa shape index (κ1) is 9.60. The molecule has 0 fully saturated rings. The van der Waals surface area contributed by atoms with Crippen molar-refractivity contribution in [3.05, 3.63) is 0 Å². The summed E-state index contributed by atoms with van der Waals surface area (Å²) in [7, 11) is 2.62. The average molecular weight is 255 g/mol. The zero-order valence-corrected chi connectivity index (χ0v) is 9.33. The third-order valence-electron chi connectivity index (χ3n) is 1.17. The zero-order chi connectivity index (χ0) is 8.10. The van der Waals surface area contributed by atoms with Crippen molar-refractivity contribution in [3.63, 3.8) is 0 Å². The van der Waals surface area contributed by atoms with E-state index in [2.05, 4.69) is 25.7 Å². The van der Waals surface area contributed by atoms with Gasteiger partial charge < -0.3 is 5.32 Å². The summed E-state index contributed by atoms with van der Waals surface area (Å²) >= 11 is 3.28. The van der Waals surface area contributed by atoms with Crippen LogP contribution in [-0.4, -0.2) is 22.3 Å². The van der Waals surface area contributed by atoms with Crippen LogP contribution >= 0.6 is 32.0 Å². The highest BCUT2D eigenvalue weighted by atomic mass is 79.9. The lowest BCUT2D eigenvalue weighted by atomic mass is 10.3. The van der Waals surface area contributed by atoms with Gasteiger partial charge in [0.15, 0.2) is 0 Å². The molecule has 0 aromatic carbocycles. The summed E-state index contributed by atoms with van der Waals surface area (Å²) in [6, 6.07) is 0. The van der Waals surface area contributed by atoms with Crippen LogP contribution in [0.15, 0.2) is 0 Å². The van der Waals surface area contributed by atoms with Gasteiger partial charge in [-0.15, -0.1) is 0 Å². The molecule has 0 radical (unpaired) electrons. The Morgan fingerprint density at radius 1 is 1.55 bits per heavy atom. The fourth-order valence-electron chi connectivity index (χ4n) is 0.566. The van der Waals surface area contributed by atoms with E-state index in [-0.39, 0.29) is 5.91 Å². The smallest absolute Gasteiger partial charge is 0.221 e. The van der Waals surface area contributed by atoms with Gasteiger partial charge in [0, 0.05) is 27.8 Å². The van der Waals surface area contributed by atoms with Gasteiger partial charge in [-0.1, -0.05) is 15.9 Å². The van der Waals surface area contributed by atoms with Crippen LogP contribution < -0.4 is 5.32 Å². The van der Waals surface area contributed by atoms with E-state index in [1.165, 1.54) is 16.0 Å². The van der Waals surface area contributed by atoms with Gasteiger partial charge in [0.05, 0.1) is 6.67 Å². The third-order valence-corrected chi connectivity index (χ3v) is 3.74. The van der Waals surface area contributed by atoms with E-state index in [1.807, 2.05) is 0 Å². The van der Waals surface area contributed by atoms with Crippen LogP contribution in [0, 0.1) is 0 Å². The molecule has 0 saturated heterocycles. The molecular weight excluding hydrogens is 246 g/mol. The minimum Gasteiger partial charge on any atom is -0.342 e. The molecule has 1 aliphatic heterocycles. The molecule has 3 nitrogen and oxygen atoms in total. The number of rotatable bonds is 5. The number of hydrogen-bond donors (Lipinski definition) is 1. The number of carbonyl (C=O) groups is 1. The summed E-state index contributed by atoms with van der Waals surface area (Å²) in [4.78, 5) is 11.0. The van der Waals surface area contributed by atoms with Crippen LogP contribution in [0.3, 0.4) is 0 Å². The zero-order valence-electron chi connectivity index (χ0n) is 5.96. The summed E-state index contributed by atoms with van der Waals surface area (Å²) in [6.45, 7) is 0.713. The van der Waals surface area contributed by atoms with Gasteiger partial charge >= 0.3 is 0 Å². The van der Waals surface area contributed by atoms with Gasteiger partial charge in [0.2, 0.25) is 5.91 Å². The predicted octanol–water partition coefficient (Wildman–Crippen LogP) is 2.19. The predicted molar refractivity (Wildman–Crippen MR) is 51.7 cm³/mol. The second kappa shape index (κ2) is 5.21. The SMILES string of the molecule is O=C(CCCBr)NCN1P=P1. The van der Waals surface area contributed by atoms with E-state index in [0.29, 0.717) is 13.1 Å². The van der Waals surface area contributed by atoms with E-state index in [4.69, 9.17) is 0 Å². The maximum atomic E-state index is 11.0. The second-order valence-electron chi connectivity index (χ2n) is 2.10. The highest BCUT2D eigenvalue weighted by Gasteiger charge is 2.10. The Labute approximate surface area is 77.6 Å². The Morgan fingerprint density at radius 3 is 2.82 bits per heavy atom. The molecule has 0 bridgehead atoms. The molecule has 6 heteroatoms. The van der Waals surface area contributed by atoms with Crippen molar-refractivity contribution in [1.82, 2.24) is 9.76 Å². The minimum atomic E-state index is 0.154. The van der Waals surface area contributed by atoms with Crippen molar-refractivity contribution in [2.24, 2.45) is 0 Å². The normalized spacial score (nSPS) is 22.8. The van der Waals surface area contributed by atoms with Crippen LogP contribution in [-0.2, 0) is 4.79 Å². The van der Waals surface area contributed by atoms with Crippen LogP contribution in [0.5, 0.6) is 0 Å². The summed E-state index contributed by atoms with van der Waals surface area (Å²) in [6.07, 6.45) is 1.55. The summed E-state index contributed by atoms with van der Waals surface area (Å²) < 4.78 is 2.12. The lowest BCUT2D eigenvalue weighted by Gasteiger charge is -2.02. The number of hydrogen-bond acceptors (Lipinski definition) is 2. The minimum absolute atomic E-state index is 0.154. The standard InChI is InChI=1S/C5H9BrN2OP2/c6-3-1-2-5(9)7-4-8-10-11-8/h1-4H2,(H,7,9). The average Bonchev–Trinajstić information content (AvgIpc) is 2.80. The first-order valence-corrected chi connectivity index (χ1v) is 6.87. The Bertz CT molecular complexity index is 170. The molecule has 0 saturated carbocycles. The molecule has 1 N–H and O–H groups in total. The fourth-order valence-corrected chi connectivity index (χ4v) is 1.72. The molecule has 0 unspecified atom stereocenters. The number of nitrogens with one attached hydrogen (secondary N) is 1. The van der Waals surface area contributed by atoms with E-state index in [9.17, 15) is 4.79 Å². The van der Waals surface area contributed by atoms with Gasteiger partial charge in [-0.05, 0) is 6.42 Å². The van der Waals surface area contributed by atoms with E-state index in [0.717, 1.165) is 11.8 Å². The molecular formula is C5H9BrN2OP2. The molecule has 0 spiro atoms. The van der Waals surface area contributed by atoms with Crippen molar-refractivity contribution >= 4 is 37.9 Å². The Balaban J connectivity index is 1.91. The highest BCUT2D eigenvalue weighted by molar-refractivity contribution is 9.09. The molecule has 0 aromatic rings. The maximum Gasteiger partial charge on any atom is 0.221 e. The Morgan fingerprint density at radius 2 is 2.27 bits per heavy atom. The lowest BCUT2D eigenvalue weighted by molar-refractivity contribution is -0.121. The lowest BCUT2D eigenvalue weighted by Crippen LogP contribution is -2.27. The second-order valence-corrected chi connectivity index (χ2v) is 5.61. The molecule has 11 heavy (non-hydrogen) atoms. The van der Waals surface area contributed by atoms with E-state index < -0.39 is 0 Å². The van der Waals surface area contributed by atoms with Crippen molar-refractivity contribution in [1.29, 1.82) is 0 Å². The maximum absolute atomic E-state index is 11.0. The molecule has 0 atom stereocenters. The van der Waals surface area contributed by atoms with Crippen LogP contribution in [0.4, 0.5) is 0 Å². The molecule has 1 heterocycles. The molecule has 62 valence electrons. The van der Waals surface area contributed by atoms with Gasteiger partial charge in [0.25, 0.3) is 0 Å². The Hall–Kier alpha value is 0.510. The van der Waals surface area contributed by atoms with Crippen molar-refractivity contribution in [2.75, 3.05) is 12.0 Å². The topological polar surface area (TPSA) is 32.1 Å². The first-order chi connectivity index (χ1) is 5.33. The van der Waals surface area contributed by atoms with E-state index in [1.54, 1.807) is 0 Å². The monoisotopic (exact) mass is 254 g/mol. The highest BCUT2D eigenvalue weighted by Crippen LogP contribution is 2.44. The molecule has 1 aliphatic rings. The van der Waals surface area contributed by atoms with Gasteiger partial charge in [-0.25, -0.2) is 0 Å². The number of alkyl halides is 1. The number of halogens is 1. The van der Waals surface area contributed by atoms with Crippen molar-refractivity contribution < 1.29 is 4.79 Å². The molecule has 0 aromatic heterocycles. The quantitative estimate of drug-likeness (QED) is 0.603. The number of carbonyl (C=O) groups excluding carboxylic acids is 1. The van der Waals surface area contributed by atoms with Crippen molar-refractivity contribution in [3.8, 4) is 0 Å². The van der Waals surface area contributed by atoms with Crippen LogP contribution in [0.25, 0.3) is 0 Å². The summed E-state index contributed by atoms with van der Waals surface area (Å²) in [5.41, 5.74) is 0. The largest absolute Gasteiger partial charge is 0.342 e. The third kappa shape index (κ3) is 4.86. The molecule has 1 amide bonds. The van der Waals surface area contributed by atoms with E-state index >= 15 is 0 Å². The van der Waals surface area contributed by atoms with Gasteiger partial charge in [0.1, 0.15) is 0 Å². The number of nitrogens with zero attached hydrogens (tertiary/aromatic N) is 1. The number of amides is 1. The Kier molecular flexibility index (Phi) is 4.54. The molecule has 1 rings (SSSR count). The van der Waals surface area contributed by atoms with Crippen LogP contribution in [0.1, 0.15) is 12.8 Å². The van der Waals surface area contributed by atoms with Gasteiger partial charge in [-0.3, -0.25) is 4.79 Å². The molecule has 0 aliphatic carbocycles. The fraction of sp³-hybridized carbons (Fsp3) is 0.800. The van der Waals surface area contributed by atoms with Crippen LogP contribution in [0.2, 0.25) is 0 Å². The summed E-state index contributed by atoms with van der Waals surface area (Å²) in [5, 5.41) is 3.74. The van der Waals surface area contributed by atoms with Crippen molar-refractivity contribution in [2.45, 2.75) is 12.8 Å². The van der Waals surface area contributed by atoms with Gasteiger partial charge in [-0.2, -0.15) is 4.44 Å². The first-order valence-electron chi connectivity index (χ1n) is 3.34.